The summed E-state index contributed by atoms with van der Waals surface area (Å²) in [5, 5.41) is 9.50. The third-order valence-electron chi connectivity index (χ3n) is 4.56. The van der Waals surface area contributed by atoms with E-state index in [9.17, 15) is 4.79 Å². The summed E-state index contributed by atoms with van der Waals surface area (Å²) in [7, 11) is 3.31. The molecule has 0 aromatic heterocycles. The molecule has 0 atom stereocenters. The monoisotopic (exact) mass is 376 g/mol. The van der Waals surface area contributed by atoms with Gasteiger partial charge in [0, 0.05) is 37.8 Å². The lowest BCUT2D eigenvalue weighted by atomic mass is 9.95. The lowest BCUT2D eigenvalue weighted by Gasteiger charge is -2.22. The van der Waals surface area contributed by atoms with Crippen LogP contribution in [0.5, 0.6) is 11.5 Å². The summed E-state index contributed by atoms with van der Waals surface area (Å²) in [6.45, 7) is 3.01. The van der Waals surface area contributed by atoms with Crippen LogP contribution < -0.4 is 25.4 Å². The average molecular weight is 377 g/mol. The van der Waals surface area contributed by atoms with Gasteiger partial charge in [-0.2, -0.15) is 0 Å². The summed E-state index contributed by atoms with van der Waals surface area (Å²) >= 11 is 0. The summed E-state index contributed by atoms with van der Waals surface area (Å²) in [4.78, 5) is 16.3. The van der Waals surface area contributed by atoms with Gasteiger partial charge in [0.2, 0.25) is 5.91 Å². The quantitative estimate of drug-likeness (QED) is 0.480. The first-order valence-corrected chi connectivity index (χ1v) is 9.74. The first-order chi connectivity index (χ1) is 13.2. The number of nitrogens with zero attached hydrogens (tertiary/aromatic N) is 1. The number of hydrogen-bond donors (Lipinski definition) is 3. The number of aliphatic imine (C=N–C) groups is 1. The molecule has 1 amide bonds. The summed E-state index contributed by atoms with van der Waals surface area (Å²) in [5.74, 6) is 2.05. The molecule has 0 radical (unpaired) electrons. The molecule has 3 N–H and O–H groups in total. The molecular weight excluding hydrogens is 344 g/mol. The summed E-state index contributed by atoms with van der Waals surface area (Å²) < 4.78 is 10.9. The Kier molecular flexibility index (Phi) is 8.74. The van der Waals surface area contributed by atoms with Crippen molar-refractivity contribution in [3.05, 3.63) is 18.2 Å². The number of amides is 1. The van der Waals surface area contributed by atoms with Crippen LogP contribution in [0.15, 0.2) is 23.2 Å². The van der Waals surface area contributed by atoms with E-state index in [0.717, 1.165) is 18.5 Å². The molecule has 1 saturated carbocycles. The van der Waals surface area contributed by atoms with Crippen LogP contribution >= 0.6 is 0 Å². The summed E-state index contributed by atoms with van der Waals surface area (Å²) in [6.07, 6.45) is 6.33. The van der Waals surface area contributed by atoms with Crippen molar-refractivity contribution in [2.75, 3.05) is 32.6 Å². The van der Waals surface area contributed by atoms with Crippen LogP contribution in [0.3, 0.4) is 0 Å². The van der Waals surface area contributed by atoms with Crippen molar-refractivity contribution in [3.8, 4) is 11.5 Å². The third kappa shape index (κ3) is 7.00. The van der Waals surface area contributed by atoms with Crippen LogP contribution in [0, 0.1) is 0 Å². The van der Waals surface area contributed by atoms with Gasteiger partial charge in [0.25, 0.3) is 0 Å². The van der Waals surface area contributed by atoms with Crippen LogP contribution in [0.1, 0.15) is 45.4 Å². The number of ether oxygens (including phenoxy) is 2. The Hall–Kier alpha value is -2.44. The SMILES string of the molecule is CCOc1cc(NC(=NC)NCCC(=O)NC2CCCCC2)ccc1OC. The number of methoxy groups -OCH3 is 1. The van der Waals surface area contributed by atoms with E-state index in [4.69, 9.17) is 9.47 Å². The smallest absolute Gasteiger partial charge is 0.221 e. The Morgan fingerprint density at radius 3 is 2.67 bits per heavy atom. The van der Waals surface area contributed by atoms with Gasteiger partial charge in [-0.1, -0.05) is 19.3 Å². The number of guanidine groups is 1. The highest BCUT2D eigenvalue weighted by Crippen LogP contribution is 2.30. The van der Waals surface area contributed by atoms with Gasteiger partial charge >= 0.3 is 0 Å². The maximum atomic E-state index is 12.1. The molecule has 1 aromatic carbocycles. The van der Waals surface area contributed by atoms with Gasteiger partial charge in [0.05, 0.1) is 13.7 Å². The highest BCUT2D eigenvalue weighted by molar-refractivity contribution is 5.94. The van der Waals surface area contributed by atoms with Crippen LogP contribution in [-0.2, 0) is 4.79 Å². The standard InChI is InChI=1S/C20H32N4O3/c1-4-27-18-14-16(10-11-17(18)26-3)24-20(21-2)22-13-12-19(25)23-15-8-6-5-7-9-15/h10-11,14-15H,4-9,12-13H2,1-3H3,(H,23,25)(H2,21,22,24). The van der Waals surface area contributed by atoms with E-state index in [0.29, 0.717) is 43.1 Å². The maximum Gasteiger partial charge on any atom is 0.221 e. The van der Waals surface area contributed by atoms with E-state index in [1.54, 1.807) is 14.2 Å². The molecular formula is C20H32N4O3. The first kappa shape index (κ1) is 20.9. The Morgan fingerprint density at radius 1 is 1.22 bits per heavy atom. The molecule has 1 aliphatic carbocycles. The topological polar surface area (TPSA) is 84.0 Å². The first-order valence-electron chi connectivity index (χ1n) is 9.74. The molecule has 0 aliphatic heterocycles. The largest absolute Gasteiger partial charge is 0.493 e. The predicted octanol–water partition coefficient (Wildman–Crippen LogP) is 2.92. The minimum atomic E-state index is 0.0907. The Morgan fingerprint density at radius 2 is 2.00 bits per heavy atom. The van der Waals surface area contributed by atoms with Gasteiger partial charge in [0.1, 0.15) is 0 Å². The number of anilines is 1. The lowest BCUT2D eigenvalue weighted by molar-refractivity contribution is -0.121. The normalized spacial score (nSPS) is 15.1. The maximum absolute atomic E-state index is 12.1. The van der Waals surface area contributed by atoms with E-state index in [1.807, 2.05) is 25.1 Å². The molecule has 2 rings (SSSR count). The highest BCUT2D eigenvalue weighted by atomic mass is 16.5. The molecule has 0 heterocycles. The van der Waals surface area contributed by atoms with Crippen LogP contribution in [-0.4, -0.2) is 45.2 Å². The minimum Gasteiger partial charge on any atom is -0.493 e. The van der Waals surface area contributed by atoms with Crippen molar-refractivity contribution in [3.63, 3.8) is 0 Å². The fraction of sp³-hybridized carbons (Fsp3) is 0.600. The minimum absolute atomic E-state index is 0.0907. The zero-order valence-corrected chi connectivity index (χ0v) is 16.6. The van der Waals surface area contributed by atoms with Gasteiger partial charge in [-0.3, -0.25) is 9.79 Å². The molecule has 1 aliphatic rings. The zero-order valence-electron chi connectivity index (χ0n) is 16.6. The zero-order chi connectivity index (χ0) is 19.5. The van der Waals surface area contributed by atoms with Gasteiger partial charge < -0.3 is 25.4 Å². The molecule has 0 spiro atoms. The van der Waals surface area contributed by atoms with E-state index < -0.39 is 0 Å². The van der Waals surface area contributed by atoms with Crippen molar-refractivity contribution in [2.24, 2.45) is 4.99 Å². The molecule has 27 heavy (non-hydrogen) atoms. The van der Waals surface area contributed by atoms with Crippen LogP contribution in [0.2, 0.25) is 0 Å². The second-order valence-electron chi connectivity index (χ2n) is 6.58. The molecule has 0 unspecified atom stereocenters. The number of carbonyl (C=O) groups is 1. The molecule has 1 fully saturated rings. The Bertz CT molecular complexity index is 628. The average Bonchev–Trinajstić information content (AvgIpc) is 2.68. The molecule has 150 valence electrons. The molecule has 1 aromatic rings. The van der Waals surface area contributed by atoms with Crippen molar-refractivity contribution in [2.45, 2.75) is 51.5 Å². The number of rotatable bonds is 8. The van der Waals surface area contributed by atoms with Crippen molar-refractivity contribution in [1.82, 2.24) is 10.6 Å². The molecule has 7 heteroatoms. The number of carbonyl (C=O) groups excluding carboxylic acids is 1. The molecule has 7 nitrogen and oxygen atoms in total. The van der Waals surface area contributed by atoms with Crippen LogP contribution in [0.25, 0.3) is 0 Å². The summed E-state index contributed by atoms with van der Waals surface area (Å²) in [6, 6.07) is 5.95. The highest BCUT2D eigenvalue weighted by Gasteiger charge is 2.15. The fourth-order valence-corrected chi connectivity index (χ4v) is 3.18. The number of benzene rings is 1. The lowest BCUT2D eigenvalue weighted by Crippen LogP contribution is -2.39. The van der Waals surface area contributed by atoms with E-state index in [1.165, 1.54) is 19.3 Å². The molecule has 0 saturated heterocycles. The van der Waals surface area contributed by atoms with Crippen molar-refractivity contribution in [1.29, 1.82) is 0 Å². The Labute approximate surface area is 161 Å². The second kappa shape index (κ2) is 11.3. The van der Waals surface area contributed by atoms with Gasteiger partial charge in [-0.15, -0.1) is 0 Å². The van der Waals surface area contributed by atoms with Gasteiger partial charge in [0.15, 0.2) is 17.5 Å². The summed E-state index contributed by atoms with van der Waals surface area (Å²) in [5.41, 5.74) is 0.832. The number of nitrogens with one attached hydrogen (secondary N) is 3. The Balaban J connectivity index is 1.79. The van der Waals surface area contributed by atoms with Crippen molar-refractivity contribution >= 4 is 17.6 Å². The van der Waals surface area contributed by atoms with Crippen molar-refractivity contribution < 1.29 is 14.3 Å². The van der Waals surface area contributed by atoms with E-state index in [-0.39, 0.29) is 5.91 Å². The van der Waals surface area contributed by atoms with E-state index in [2.05, 4.69) is 20.9 Å². The molecule has 0 bridgehead atoms. The number of hydrogen-bond acceptors (Lipinski definition) is 4. The van der Waals surface area contributed by atoms with Crippen LogP contribution in [0.4, 0.5) is 5.69 Å². The van der Waals surface area contributed by atoms with E-state index >= 15 is 0 Å². The van der Waals surface area contributed by atoms with Gasteiger partial charge in [-0.25, -0.2) is 0 Å². The predicted molar refractivity (Wildman–Crippen MR) is 109 cm³/mol. The second-order valence-corrected chi connectivity index (χ2v) is 6.58. The van der Waals surface area contributed by atoms with Gasteiger partial charge in [-0.05, 0) is 31.9 Å². The third-order valence-corrected chi connectivity index (χ3v) is 4.56. The fourth-order valence-electron chi connectivity index (χ4n) is 3.18.